The van der Waals surface area contributed by atoms with Gasteiger partial charge in [0.25, 0.3) is 0 Å². The summed E-state index contributed by atoms with van der Waals surface area (Å²) in [7, 11) is 0. The summed E-state index contributed by atoms with van der Waals surface area (Å²) in [4.78, 5) is 1.16. The van der Waals surface area contributed by atoms with Crippen molar-refractivity contribution in [2.45, 2.75) is 25.5 Å². The average Bonchev–Trinajstić information content (AvgIpc) is 3.02. The molecule has 17 heavy (non-hydrogen) atoms. The third-order valence-corrected chi connectivity index (χ3v) is 3.88. The largest absolute Gasteiger partial charge is 0.384 e. The molecule has 0 bridgehead atoms. The number of ether oxygens (including phenoxy) is 1. The second kappa shape index (κ2) is 4.50. The predicted molar refractivity (Wildman–Crippen MR) is 68.9 cm³/mol. The van der Waals surface area contributed by atoms with Crippen LogP contribution in [0.25, 0.3) is 10.6 Å². The highest BCUT2D eigenvalue weighted by molar-refractivity contribution is 7.13. The number of nitrogens with two attached hydrogens (primary N) is 1. The van der Waals surface area contributed by atoms with Gasteiger partial charge in [-0.3, -0.25) is 0 Å². The maximum absolute atomic E-state index is 5.98. The first kappa shape index (κ1) is 10.8. The molecular formula is C12H15N3OS. The molecule has 1 aliphatic rings. The van der Waals surface area contributed by atoms with E-state index in [0.717, 1.165) is 36.6 Å². The van der Waals surface area contributed by atoms with Gasteiger partial charge in [-0.05, 0) is 24.3 Å². The smallest absolute Gasteiger partial charge is 0.122 e. The molecule has 1 saturated heterocycles. The van der Waals surface area contributed by atoms with Crippen LogP contribution < -0.4 is 5.73 Å². The Labute approximate surface area is 104 Å². The Kier molecular flexibility index (Phi) is 2.86. The number of nitrogens with zero attached hydrogens (tertiary/aromatic N) is 2. The molecule has 2 aromatic heterocycles. The highest BCUT2D eigenvalue weighted by Crippen LogP contribution is 2.25. The van der Waals surface area contributed by atoms with Gasteiger partial charge in [0.05, 0.1) is 17.5 Å². The first-order valence-corrected chi connectivity index (χ1v) is 6.70. The predicted octanol–water partition coefficient (Wildman–Crippen LogP) is 2.37. The number of hydrogen-bond acceptors (Lipinski definition) is 4. The van der Waals surface area contributed by atoms with Crippen molar-refractivity contribution < 1.29 is 4.74 Å². The molecular weight excluding hydrogens is 234 g/mol. The van der Waals surface area contributed by atoms with Gasteiger partial charge in [0.2, 0.25) is 0 Å². The third kappa shape index (κ3) is 2.21. The van der Waals surface area contributed by atoms with Crippen LogP contribution in [0.3, 0.4) is 0 Å². The molecule has 1 fully saturated rings. The van der Waals surface area contributed by atoms with Crippen LogP contribution in [0.4, 0.5) is 5.82 Å². The fourth-order valence-electron chi connectivity index (χ4n) is 2.10. The summed E-state index contributed by atoms with van der Waals surface area (Å²) >= 11 is 1.68. The summed E-state index contributed by atoms with van der Waals surface area (Å²) in [5.41, 5.74) is 6.93. The van der Waals surface area contributed by atoms with Gasteiger partial charge < -0.3 is 10.5 Å². The van der Waals surface area contributed by atoms with E-state index in [9.17, 15) is 0 Å². The standard InChI is InChI=1S/C12H15N3OS/c13-12-7-10(11-4-2-6-17-11)14-15(12)8-9-3-1-5-16-9/h2,4,6-7,9H,1,3,5,8,13H2/t9-/m1/s1. The number of rotatable bonds is 3. The quantitative estimate of drug-likeness (QED) is 0.908. The summed E-state index contributed by atoms with van der Waals surface area (Å²) in [6.07, 6.45) is 2.52. The van der Waals surface area contributed by atoms with Gasteiger partial charge >= 0.3 is 0 Å². The topological polar surface area (TPSA) is 53.1 Å². The number of anilines is 1. The van der Waals surface area contributed by atoms with Crippen molar-refractivity contribution in [2.24, 2.45) is 0 Å². The van der Waals surface area contributed by atoms with E-state index in [1.54, 1.807) is 11.3 Å². The molecule has 0 amide bonds. The second-order valence-corrected chi connectivity index (χ2v) is 5.20. The Morgan fingerprint density at radius 3 is 3.24 bits per heavy atom. The van der Waals surface area contributed by atoms with Crippen molar-refractivity contribution in [3.05, 3.63) is 23.6 Å². The third-order valence-electron chi connectivity index (χ3n) is 2.99. The molecule has 3 heterocycles. The number of aromatic nitrogens is 2. The van der Waals surface area contributed by atoms with Gasteiger partial charge in [0, 0.05) is 12.7 Å². The van der Waals surface area contributed by atoms with Gasteiger partial charge in [0.1, 0.15) is 11.5 Å². The summed E-state index contributed by atoms with van der Waals surface area (Å²) in [6, 6.07) is 6.01. The molecule has 2 aromatic rings. The van der Waals surface area contributed by atoms with E-state index in [2.05, 4.69) is 11.2 Å². The van der Waals surface area contributed by atoms with Crippen molar-refractivity contribution in [3.63, 3.8) is 0 Å². The summed E-state index contributed by atoms with van der Waals surface area (Å²) in [5, 5.41) is 6.58. The zero-order valence-electron chi connectivity index (χ0n) is 9.50. The Balaban J connectivity index is 1.80. The molecule has 3 rings (SSSR count). The summed E-state index contributed by atoms with van der Waals surface area (Å²) in [5.74, 6) is 0.712. The lowest BCUT2D eigenvalue weighted by Crippen LogP contribution is -2.17. The van der Waals surface area contributed by atoms with Crippen molar-refractivity contribution >= 4 is 17.2 Å². The monoisotopic (exact) mass is 249 g/mol. The van der Waals surface area contributed by atoms with Crippen molar-refractivity contribution in [1.82, 2.24) is 9.78 Å². The SMILES string of the molecule is Nc1cc(-c2cccs2)nn1C[C@H]1CCCO1. The normalized spacial score (nSPS) is 19.9. The van der Waals surface area contributed by atoms with E-state index in [0.29, 0.717) is 5.82 Å². The number of thiophene rings is 1. The molecule has 0 aromatic carbocycles. The molecule has 1 atom stereocenters. The minimum atomic E-state index is 0.272. The molecule has 2 N–H and O–H groups in total. The maximum Gasteiger partial charge on any atom is 0.122 e. The van der Waals surface area contributed by atoms with Gasteiger partial charge in [-0.1, -0.05) is 6.07 Å². The van der Waals surface area contributed by atoms with Crippen LogP contribution in [0.15, 0.2) is 23.6 Å². The lowest BCUT2D eigenvalue weighted by Gasteiger charge is -2.10. The van der Waals surface area contributed by atoms with Crippen LogP contribution in [-0.2, 0) is 11.3 Å². The summed E-state index contributed by atoms with van der Waals surface area (Å²) in [6.45, 7) is 1.63. The fourth-order valence-corrected chi connectivity index (χ4v) is 2.78. The Morgan fingerprint density at radius 1 is 1.59 bits per heavy atom. The van der Waals surface area contributed by atoms with Crippen molar-refractivity contribution in [3.8, 4) is 10.6 Å². The fraction of sp³-hybridized carbons (Fsp3) is 0.417. The Bertz CT molecular complexity index is 486. The minimum Gasteiger partial charge on any atom is -0.384 e. The average molecular weight is 249 g/mol. The highest BCUT2D eigenvalue weighted by Gasteiger charge is 2.18. The minimum absolute atomic E-state index is 0.272. The first-order valence-electron chi connectivity index (χ1n) is 5.82. The van der Waals surface area contributed by atoms with Gasteiger partial charge in [0.15, 0.2) is 0 Å². The zero-order valence-corrected chi connectivity index (χ0v) is 10.3. The molecule has 90 valence electrons. The Morgan fingerprint density at radius 2 is 2.53 bits per heavy atom. The van der Waals surface area contributed by atoms with Crippen molar-refractivity contribution in [1.29, 1.82) is 0 Å². The van der Waals surface area contributed by atoms with Crippen LogP contribution >= 0.6 is 11.3 Å². The molecule has 0 spiro atoms. The van der Waals surface area contributed by atoms with Crippen LogP contribution in [0.5, 0.6) is 0 Å². The second-order valence-electron chi connectivity index (χ2n) is 4.25. The zero-order chi connectivity index (χ0) is 11.7. The molecule has 0 radical (unpaired) electrons. The molecule has 5 heteroatoms. The van der Waals surface area contributed by atoms with Crippen molar-refractivity contribution in [2.75, 3.05) is 12.3 Å². The van der Waals surface area contributed by atoms with Gasteiger partial charge in [-0.2, -0.15) is 5.10 Å². The lowest BCUT2D eigenvalue weighted by molar-refractivity contribution is 0.0946. The maximum atomic E-state index is 5.98. The Hall–Kier alpha value is -1.33. The van der Waals surface area contributed by atoms with Crippen LogP contribution in [-0.4, -0.2) is 22.5 Å². The molecule has 0 saturated carbocycles. The molecule has 4 nitrogen and oxygen atoms in total. The van der Waals surface area contributed by atoms with E-state index < -0.39 is 0 Å². The number of nitrogen functional groups attached to an aromatic ring is 1. The number of hydrogen-bond donors (Lipinski definition) is 1. The van der Waals surface area contributed by atoms with E-state index in [1.807, 2.05) is 22.2 Å². The van der Waals surface area contributed by atoms with E-state index in [-0.39, 0.29) is 6.10 Å². The highest BCUT2D eigenvalue weighted by atomic mass is 32.1. The lowest BCUT2D eigenvalue weighted by atomic mass is 10.2. The molecule has 0 aliphatic carbocycles. The molecule has 1 aliphatic heterocycles. The molecule has 0 unspecified atom stereocenters. The van der Waals surface area contributed by atoms with E-state index in [4.69, 9.17) is 10.5 Å². The van der Waals surface area contributed by atoms with Gasteiger partial charge in [-0.15, -0.1) is 11.3 Å². The van der Waals surface area contributed by atoms with E-state index >= 15 is 0 Å². The van der Waals surface area contributed by atoms with E-state index in [1.165, 1.54) is 0 Å². The van der Waals surface area contributed by atoms with Crippen LogP contribution in [0.1, 0.15) is 12.8 Å². The summed E-state index contributed by atoms with van der Waals surface area (Å²) < 4.78 is 7.45. The van der Waals surface area contributed by atoms with Crippen LogP contribution in [0, 0.1) is 0 Å². The first-order chi connectivity index (χ1) is 8.33. The van der Waals surface area contributed by atoms with Crippen LogP contribution in [0.2, 0.25) is 0 Å². The van der Waals surface area contributed by atoms with Gasteiger partial charge in [-0.25, -0.2) is 4.68 Å².